The predicted molar refractivity (Wildman–Crippen MR) is 62.8 cm³/mol. The van der Waals surface area contributed by atoms with Gasteiger partial charge in [0.05, 0.1) is 20.5 Å². The van der Waals surface area contributed by atoms with Crippen LogP contribution in [-0.2, 0) is 18.9 Å². The molecule has 0 bridgehead atoms. The average Bonchev–Trinajstić information content (AvgIpc) is 2.31. The van der Waals surface area contributed by atoms with Crippen molar-refractivity contribution in [3.63, 3.8) is 0 Å². The summed E-state index contributed by atoms with van der Waals surface area (Å²) >= 11 is 0. The molecule has 0 aromatic rings. The first-order valence-corrected chi connectivity index (χ1v) is 4.87. The Morgan fingerprint density at radius 2 is 1.62 bits per heavy atom. The van der Waals surface area contributed by atoms with Crippen LogP contribution in [0.5, 0.6) is 0 Å². The Balaban J connectivity index is 4.60. The fraction of sp³-hybridized carbons (Fsp3) is 0.500. The number of rotatable bonds is 7. The minimum absolute atomic E-state index is 0.333. The van der Waals surface area contributed by atoms with Gasteiger partial charge in [0.25, 0.3) is 0 Å². The van der Waals surface area contributed by atoms with E-state index < -0.39 is 0 Å². The van der Waals surface area contributed by atoms with Gasteiger partial charge in [-0.2, -0.15) is 0 Å². The quantitative estimate of drug-likeness (QED) is 0.380. The van der Waals surface area contributed by atoms with E-state index in [9.17, 15) is 0 Å². The molecule has 0 aromatic heterocycles. The van der Waals surface area contributed by atoms with Crippen molar-refractivity contribution < 1.29 is 18.9 Å². The number of ether oxygens (including phenoxy) is 4. The minimum Gasteiger partial charge on any atom is -0.504 e. The van der Waals surface area contributed by atoms with Crippen LogP contribution in [0.3, 0.4) is 0 Å². The highest BCUT2D eigenvalue weighted by atomic mass is 16.7. The summed E-state index contributed by atoms with van der Waals surface area (Å²) < 4.78 is 20.1. The Bertz CT molecular complexity index is 262. The lowest BCUT2D eigenvalue weighted by Gasteiger charge is -2.13. The van der Waals surface area contributed by atoms with Crippen LogP contribution in [0, 0.1) is 0 Å². The average molecular weight is 228 g/mol. The summed E-state index contributed by atoms with van der Waals surface area (Å²) in [6.45, 7) is 1.92. The van der Waals surface area contributed by atoms with E-state index in [0.717, 1.165) is 5.57 Å². The Labute approximate surface area is 97.1 Å². The normalized spacial score (nSPS) is 13.6. The molecule has 0 atom stereocenters. The SMILES string of the molecule is CO/C=C/C(=C\C=C(/C)C(OC)OC)OC. The van der Waals surface area contributed by atoms with Gasteiger partial charge in [-0.15, -0.1) is 0 Å². The van der Waals surface area contributed by atoms with Gasteiger partial charge < -0.3 is 18.9 Å². The summed E-state index contributed by atoms with van der Waals surface area (Å²) in [6, 6.07) is 0. The molecule has 0 unspecified atom stereocenters. The highest BCUT2D eigenvalue weighted by Gasteiger charge is 2.05. The van der Waals surface area contributed by atoms with Crippen molar-refractivity contribution in [3.8, 4) is 0 Å². The third-order valence-electron chi connectivity index (χ3n) is 1.91. The molecule has 0 amide bonds. The van der Waals surface area contributed by atoms with Gasteiger partial charge in [-0.3, -0.25) is 0 Å². The molecule has 0 aliphatic heterocycles. The number of hydrogen-bond donors (Lipinski definition) is 0. The molecule has 0 saturated heterocycles. The van der Waals surface area contributed by atoms with Gasteiger partial charge in [0, 0.05) is 20.3 Å². The lowest BCUT2D eigenvalue weighted by Crippen LogP contribution is -2.13. The molecule has 0 radical (unpaired) electrons. The van der Waals surface area contributed by atoms with E-state index in [2.05, 4.69) is 0 Å². The van der Waals surface area contributed by atoms with Crippen molar-refractivity contribution in [3.05, 3.63) is 35.8 Å². The molecule has 0 N–H and O–H groups in total. The Hall–Kier alpha value is -1.26. The molecule has 0 fully saturated rings. The van der Waals surface area contributed by atoms with Crippen LogP contribution < -0.4 is 0 Å². The Kier molecular flexibility index (Phi) is 8.29. The van der Waals surface area contributed by atoms with Crippen LogP contribution in [0.25, 0.3) is 0 Å². The topological polar surface area (TPSA) is 36.9 Å². The predicted octanol–water partition coefficient (Wildman–Crippen LogP) is 2.24. The van der Waals surface area contributed by atoms with Gasteiger partial charge >= 0.3 is 0 Å². The van der Waals surface area contributed by atoms with Gasteiger partial charge in [0.15, 0.2) is 6.29 Å². The zero-order chi connectivity index (χ0) is 12.4. The zero-order valence-corrected chi connectivity index (χ0v) is 10.5. The standard InChI is InChI=1S/C12H20O4/c1-10(12(15-4)16-5)6-7-11(14-3)8-9-13-2/h6-9,12H,1-5H3/b9-8+,10-6+,11-7+. The smallest absolute Gasteiger partial charge is 0.179 e. The van der Waals surface area contributed by atoms with Gasteiger partial charge in [-0.1, -0.05) is 6.08 Å². The fourth-order valence-corrected chi connectivity index (χ4v) is 1.09. The highest BCUT2D eigenvalue weighted by Crippen LogP contribution is 2.08. The lowest BCUT2D eigenvalue weighted by molar-refractivity contribution is -0.0746. The molecule has 0 aliphatic carbocycles. The van der Waals surface area contributed by atoms with E-state index in [1.165, 1.54) is 0 Å². The summed E-state index contributed by atoms with van der Waals surface area (Å²) in [6.07, 6.45) is 6.62. The third kappa shape index (κ3) is 5.58. The maximum atomic E-state index is 5.12. The fourth-order valence-electron chi connectivity index (χ4n) is 1.09. The van der Waals surface area contributed by atoms with E-state index in [-0.39, 0.29) is 6.29 Å². The molecule has 0 heterocycles. The van der Waals surface area contributed by atoms with Crippen molar-refractivity contribution in [1.29, 1.82) is 0 Å². The number of methoxy groups -OCH3 is 4. The summed E-state index contributed by atoms with van der Waals surface area (Å²) in [5.74, 6) is 0.687. The second-order valence-electron chi connectivity index (χ2n) is 3.03. The lowest BCUT2D eigenvalue weighted by atomic mass is 10.2. The van der Waals surface area contributed by atoms with E-state index in [1.54, 1.807) is 40.8 Å². The third-order valence-corrected chi connectivity index (χ3v) is 1.91. The van der Waals surface area contributed by atoms with Gasteiger partial charge in [-0.05, 0) is 18.6 Å². The molecule has 4 nitrogen and oxygen atoms in total. The summed E-state index contributed by atoms with van der Waals surface area (Å²) in [4.78, 5) is 0. The largest absolute Gasteiger partial charge is 0.504 e. The number of hydrogen-bond acceptors (Lipinski definition) is 4. The van der Waals surface area contributed by atoms with Crippen LogP contribution in [0.15, 0.2) is 35.8 Å². The molecule has 0 saturated carbocycles. The van der Waals surface area contributed by atoms with Crippen molar-refractivity contribution in [2.75, 3.05) is 28.4 Å². The zero-order valence-electron chi connectivity index (χ0n) is 10.5. The Morgan fingerprint density at radius 1 is 1.00 bits per heavy atom. The summed E-state index contributed by atoms with van der Waals surface area (Å²) in [7, 11) is 6.37. The van der Waals surface area contributed by atoms with Crippen LogP contribution >= 0.6 is 0 Å². The second kappa shape index (κ2) is 9.00. The highest BCUT2D eigenvalue weighted by molar-refractivity contribution is 5.21. The molecule has 0 aromatic carbocycles. The first kappa shape index (κ1) is 14.7. The van der Waals surface area contributed by atoms with Gasteiger partial charge in [0.2, 0.25) is 0 Å². The molecule has 92 valence electrons. The van der Waals surface area contributed by atoms with Crippen molar-refractivity contribution in [2.24, 2.45) is 0 Å². The molecule has 0 aliphatic rings. The first-order chi connectivity index (χ1) is 7.69. The second-order valence-corrected chi connectivity index (χ2v) is 3.03. The van der Waals surface area contributed by atoms with Crippen LogP contribution in [0.1, 0.15) is 6.92 Å². The summed E-state index contributed by atoms with van der Waals surface area (Å²) in [5.41, 5.74) is 0.949. The van der Waals surface area contributed by atoms with Crippen LogP contribution in [0.4, 0.5) is 0 Å². The maximum absolute atomic E-state index is 5.12. The molecular formula is C12H20O4. The van der Waals surface area contributed by atoms with E-state index >= 15 is 0 Å². The van der Waals surface area contributed by atoms with E-state index in [4.69, 9.17) is 18.9 Å². The summed E-state index contributed by atoms with van der Waals surface area (Å²) in [5, 5.41) is 0. The monoisotopic (exact) mass is 228 g/mol. The van der Waals surface area contributed by atoms with Gasteiger partial charge in [0.1, 0.15) is 5.76 Å². The van der Waals surface area contributed by atoms with Crippen LogP contribution in [0.2, 0.25) is 0 Å². The molecular weight excluding hydrogens is 208 g/mol. The first-order valence-electron chi connectivity index (χ1n) is 4.87. The molecule has 16 heavy (non-hydrogen) atoms. The molecule has 0 spiro atoms. The van der Waals surface area contributed by atoms with Crippen LogP contribution in [-0.4, -0.2) is 34.7 Å². The van der Waals surface area contributed by atoms with E-state index in [0.29, 0.717) is 5.76 Å². The van der Waals surface area contributed by atoms with Crippen molar-refractivity contribution in [2.45, 2.75) is 13.2 Å². The molecule has 0 rings (SSSR count). The maximum Gasteiger partial charge on any atom is 0.179 e. The van der Waals surface area contributed by atoms with E-state index in [1.807, 2.05) is 19.1 Å². The molecule has 4 heteroatoms. The minimum atomic E-state index is -0.333. The van der Waals surface area contributed by atoms with Gasteiger partial charge in [-0.25, -0.2) is 0 Å². The number of allylic oxidation sites excluding steroid dienone is 3. The van der Waals surface area contributed by atoms with Crippen molar-refractivity contribution >= 4 is 0 Å². The Morgan fingerprint density at radius 3 is 2.06 bits per heavy atom. The van der Waals surface area contributed by atoms with Crippen molar-refractivity contribution in [1.82, 2.24) is 0 Å².